The van der Waals surface area contributed by atoms with Gasteiger partial charge >= 0.3 is 0 Å². The van der Waals surface area contributed by atoms with Gasteiger partial charge in [-0.3, -0.25) is 0 Å². The molecule has 8 heteroatoms. The second-order valence-electron chi connectivity index (χ2n) is 6.50. The topological polar surface area (TPSA) is 87.6 Å². The fourth-order valence-electron chi connectivity index (χ4n) is 3.16. The van der Waals surface area contributed by atoms with Crippen molar-refractivity contribution in [2.24, 2.45) is 0 Å². The molecular weight excluding hydrogens is 436 g/mol. The number of halogens is 2. The number of hydrogen-bond acceptors (Lipinski definition) is 5. The summed E-state index contributed by atoms with van der Waals surface area (Å²) in [6, 6.07) is 12.0. The first-order valence-electron chi connectivity index (χ1n) is 8.56. The number of aliphatic hydroxyl groups is 2. The van der Waals surface area contributed by atoms with Crippen molar-refractivity contribution in [3.63, 3.8) is 0 Å². The Morgan fingerprint density at radius 3 is 2.78 bits per heavy atom. The van der Waals surface area contributed by atoms with Crippen molar-refractivity contribution in [2.45, 2.75) is 24.7 Å². The van der Waals surface area contributed by atoms with Crippen LogP contribution >= 0.6 is 27.5 Å². The lowest BCUT2D eigenvalue weighted by Gasteiger charge is -2.31. The minimum atomic E-state index is -0.767. The standard InChI is InChI=1S/C19H18BrClN2O4/c20-11-3-1-10(2-4-11)13-6-15-16(7-14(13)21)23-19(22-15)27-12-5-17(25)18(8-24)26-9-12/h1-4,6-7,12,17-18,24-25H,5,8-9H2,(H,22,23)/t12-,17+,18-/m1/s1. The maximum absolute atomic E-state index is 9.96. The number of benzene rings is 2. The Labute approximate surface area is 169 Å². The summed E-state index contributed by atoms with van der Waals surface area (Å²) in [7, 11) is 0. The summed E-state index contributed by atoms with van der Waals surface area (Å²) in [6.45, 7) is 0.0695. The predicted octanol–water partition coefficient (Wildman–Crippen LogP) is 3.54. The van der Waals surface area contributed by atoms with E-state index < -0.39 is 12.2 Å². The summed E-state index contributed by atoms with van der Waals surface area (Å²) in [6.07, 6.45) is -1.30. The molecule has 1 aromatic heterocycles. The Morgan fingerprint density at radius 2 is 2.07 bits per heavy atom. The Hall–Kier alpha value is -1.64. The first-order chi connectivity index (χ1) is 13.0. The second kappa shape index (κ2) is 7.77. The number of aliphatic hydroxyl groups excluding tert-OH is 2. The van der Waals surface area contributed by atoms with E-state index >= 15 is 0 Å². The number of rotatable bonds is 4. The summed E-state index contributed by atoms with van der Waals surface area (Å²) >= 11 is 9.88. The van der Waals surface area contributed by atoms with Crippen LogP contribution in [0.5, 0.6) is 6.01 Å². The number of hydrogen-bond donors (Lipinski definition) is 3. The van der Waals surface area contributed by atoms with Crippen molar-refractivity contribution >= 4 is 38.6 Å². The van der Waals surface area contributed by atoms with Gasteiger partial charge in [0.15, 0.2) is 0 Å². The summed E-state index contributed by atoms with van der Waals surface area (Å²) in [5.74, 6) is 0. The maximum atomic E-state index is 9.96. The van der Waals surface area contributed by atoms with Crippen LogP contribution in [0.15, 0.2) is 40.9 Å². The fraction of sp³-hybridized carbons (Fsp3) is 0.316. The molecule has 2 heterocycles. The lowest BCUT2D eigenvalue weighted by atomic mass is 10.0. The van der Waals surface area contributed by atoms with E-state index in [4.69, 9.17) is 26.2 Å². The molecule has 0 bridgehead atoms. The minimum absolute atomic E-state index is 0.212. The molecule has 0 spiro atoms. The highest BCUT2D eigenvalue weighted by atomic mass is 79.9. The molecule has 0 radical (unpaired) electrons. The zero-order valence-electron chi connectivity index (χ0n) is 14.2. The fourth-order valence-corrected chi connectivity index (χ4v) is 3.70. The van der Waals surface area contributed by atoms with Crippen LogP contribution in [0.4, 0.5) is 0 Å². The smallest absolute Gasteiger partial charge is 0.294 e. The van der Waals surface area contributed by atoms with Gasteiger partial charge in [0.05, 0.1) is 35.4 Å². The highest BCUT2D eigenvalue weighted by Gasteiger charge is 2.31. The summed E-state index contributed by atoms with van der Waals surface area (Å²) in [4.78, 5) is 7.58. The minimum Gasteiger partial charge on any atom is -0.459 e. The normalized spacial score (nSPS) is 22.9. The molecule has 0 amide bonds. The molecule has 4 rings (SSSR count). The quantitative estimate of drug-likeness (QED) is 0.562. The second-order valence-corrected chi connectivity index (χ2v) is 7.82. The molecule has 1 saturated heterocycles. The van der Waals surface area contributed by atoms with Gasteiger partial charge in [-0.05, 0) is 29.8 Å². The average molecular weight is 454 g/mol. The van der Waals surface area contributed by atoms with Crippen LogP contribution in [0.1, 0.15) is 6.42 Å². The molecule has 27 heavy (non-hydrogen) atoms. The Bertz CT molecular complexity index is 947. The summed E-state index contributed by atoms with van der Waals surface area (Å²) in [5, 5.41) is 19.7. The van der Waals surface area contributed by atoms with E-state index in [1.807, 2.05) is 36.4 Å². The lowest BCUT2D eigenvalue weighted by molar-refractivity contribution is -0.131. The van der Waals surface area contributed by atoms with Gasteiger partial charge < -0.3 is 24.7 Å². The highest BCUT2D eigenvalue weighted by molar-refractivity contribution is 9.10. The Kier molecular flexibility index (Phi) is 5.39. The molecule has 3 N–H and O–H groups in total. The Balaban J connectivity index is 1.57. The van der Waals surface area contributed by atoms with Crippen LogP contribution in [-0.4, -0.2) is 51.7 Å². The number of imidazole rings is 1. The van der Waals surface area contributed by atoms with Crippen LogP contribution in [0.25, 0.3) is 22.2 Å². The van der Waals surface area contributed by atoms with Crippen molar-refractivity contribution in [1.82, 2.24) is 9.97 Å². The molecule has 0 saturated carbocycles. The van der Waals surface area contributed by atoms with Gasteiger partial charge in [0.2, 0.25) is 0 Å². The molecular formula is C19H18BrClN2O4. The zero-order chi connectivity index (χ0) is 19.0. The number of nitrogens with zero attached hydrogens (tertiary/aromatic N) is 1. The first-order valence-corrected chi connectivity index (χ1v) is 9.73. The SMILES string of the molecule is OC[C@H]1OC[C@H](Oc2nc3cc(-c4ccc(Br)cc4)c(Cl)cc3[nH]2)C[C@@H]1O. The third-order valence-corrected chi connectivity index (χ3v) is 5.43. The van der Waals surface area contributed by atoms with Crippen LogP contribution in [0.3, 0.4) is 0 Å². The first kappa shape index (κ1) is 18.7. The van der Waals surface area contributed by atoms with E-state index in [9.17, 15) is 5.11 Å². The van der Waals surface area contributed by atoms with E-state index in [1.54, 1.807) is 0 Å². The van der Waals surface area contributed by atoms with Crippen molar-refractivity contribution < 1.29 is 19.7 Å². The molecule has 6 nitrogen and oxygen atoms in total. The maximum Gasteiger partial charge on any atom is 0.294 e. The largest absolute Gasteiger partial charge is 0.459 e. The van der Waals surface area contributed by atoms with E-state index in [0.29, 0.717) is 17.5 Å². The van der Waals surface area contributed by atoms with E-state index in [1.165, 1.54) is 0 Å². The lowest BCUT2D eigenvalue weighted by Crippen LogP contribution is -2.45. The van der Waals surface area contributed by atoms with Crippen LogP contribution in [-0.2, 0) is 4.74 Å². The van der Waals surface area contributed by atoms with E-state index in [0.717, 1.165) is 26.6 Å². The molecule has 2 aromatic carbocycles. The highest BCUT2D eigenvalue weighted by Crippen LogP contribution is 2.33. The van der Waals surface area contributed by atoms with Crippen molar-refractivity contribution in [3.05, 3.63) is 45.9 Å². The molecule has 1 fully saturated rings. The molecule has 0 aliphatic carbocycles. The molecule has 1 aliphatic heterocycles. The van der Waals surface area contributed by atoms with Gasteiger partial charge in [-0.25, -0.2) is 0 Å². The number of ether oxygens (including phenoxy) is 2. The van der Waals surface area contributed by atoms with Crippen LogP contribution < -0.4 is 4.74 Å². The van der Waals surface area contributed by atoms with Gasteiger partial charge in [-0.15, -0.1) is 0 Å². The monoisotopic (exact) mass is 452 g/mol. The average Bonchev–Trinajstić information content (AvgIpc) is 3.03. The summed E-state index contributed by atoms with van der Waals surface area (Å²) < 4.78 is 12.2. The molecule has 0 unspecified atom stereocenters. The van der Waals surface area contributed by atoms with Crippen molar-refractivity contribution in [2.75, 3.05) is 13.2 Å². The van der Waals surface area contributed by atoms with Gasteiger partial charge in [-0.2, -0.15) is 4.98 Å². The van der Waals surface area contributed by atoms with Crippen molar-refractivity contribution in [3.8, 4) is 17.1 Å². The summed E-state index contributed by atoms with van der Waals surface area (Å²) in [5.41, 5.74) is 3.38. The third kappa shape index (κ3) is 3.97. The number of nitrogens with one attached hydrogen (secondary N) is 1. The third-order valence-electron chi connectivity index (χ3n) is 4.59. The number of H-pyrrole nitrogens is 1. The molecule has 3 atom stereocenters. The number of fused-ring (bicyclic) bond motifs is 1. The van der Waals surface area contributed by atoms with Gasteiger partial charge in [0.1, 0.15) is 12.2 Å². The van der Waals surface area contributed by atoms with E-state index in [-0.39, 0.29) is 19.3 Å². The molecule has 3 aromatic rings. The number of aromatic amines is 1. The molecule has 142 valence electrons. The molecule has 1 aliphatic rings. The van der Waals surface area contributed by atoms with Crippen LogP contribution in [0.2, 0.25) is 5.02 Å². The zero-order valence-corrected chi connectivity index (χ0v) is 16.6. The Morgan fingerprint density at radius 1 is 1.30 bits per heavy atom. The van der Waals surface area contributed by atoms with Crippen molar-refractivity contribution in [1.29, 1.82) is 0 Å². The van der Waals surface area contributed by atoms with Gasteiger partial charge in [0, 0.05) is 16.5 Å². The van der Waals surface area contributed by atoms with E-state index in [2.05, 4.69) is 25.9 Å². The predicted molar refractivity (Wildman–Crippen MR) is 106 cm³/mol. The van der Waals surface area contributed by atoms with Crippen LogP contribution in [0, 0.1) is 0 Å². The number of aromatic nitrogens is 2. The van der Waals surface area contributed by atoms with Gasteiger partial charge in [0.25, 0.3) is 6.01 Å². The van der Waals surface area contributed by atoms with Gasteiger partial charge in [-0.1, -0.05) is 39.7 Å².